The fraction of sp³-hybridized carbons (Fsp3) is 0.462. The average molecular weight is 482 g/mol. The molecule has 5 rings (SSSR count). The van der Waals surface area contributed by atoms with E-state index in [4.69, 9.17) is 14.2 Å². The largest absolute Gasteiger partial charge is 0.504 e. The molecule has 0 aliphatic carbocycles. The molecule has 0 saturated carbocycles. The first-order valence-electron chi connectivity index (χ1n) is 12.0. The van der Waals surface area contributed by atoms with E-state index in [-0.39, 0.29) is 29.5 Å². The lowest BCUT2D eigenvalue weighted by Gasteiger charge is -2.28. The first kappa shape index (κ1) is 23.4. The molecule has 186 valence electrons. The van der Waals surface area contributed by atoms with Crippen LogP contribution in [-0.4, -0.2) is 85.8 Å². The van der Waals surface area contributed by atoms with E-state index in [0.717, 1.165) is 24.2 Å². The molecule has 2 atom stereocenters. The molecule has 9 heteroatoms. The van der Waals surface area contributed by atoms with Crippen molar-refractivity contribution in [3.8, 4) is 23.0 Å². The molecule has 2 N–H and O–H groups in total. The standard InChI is InChI=1S/C26H31N3O6/c1-33-22-6-4-18-13-24(22)35-23-12-17(2-5-21(23)30)3-7-25(31)27-20-15-29(14-19(18)20)26(32)16-28-8-10-34-11-9-28/h2,4-6,12-13,19-20,30H,3,7-11,14-16H2,1H3,(H,27,31)/t19-,20+/m0/s1. The lowest BCUT2D eigenvalue weighted by Crippen LogP contribution is -2.45. The van der Waals surface area contributed by atoms with Gasteiger partial charge in [0.2, 0.25) is 11.8 Å². The molecule has 2 aromatic carbocycles. The SMILES string of the molecule is COc1ccc2cc1Oc1cc(ccc1O)CCC(=O)N[C@@H]1CN(C(=O)CN3CCOCC3)C[C@@H]21. The van der Waals surface area contributed by atoms with Gasteiger partial charge in [-0.25, -0.2) is 0 Å². The van der Waals surface area contributed by atoms with Gasteiger partial charge < -0.3 is 29.5 Å². The van der Waals surface area contributed by atoms with Gasteiger partial charge in [-0.15, -0.1) is 0 Å². The second-order valence-corrected chi connectivity index (χ2v) is 9.28. The van der Waals surface area contributed by atoms with E-state index in [1.165, 1.54) is 0 Å². The number of ether oxygens (including phenoxy) is 3. The third-order valence-corrected chi connectivity index (χ3v) is 6.98. The maximum atomic E-state index is 13.1. The van der Waals surface area contributed by atoms with Crippen LogP contribution in [0.5, 0.6) is 23.0 Å². The lowest BCUT2D eigenvalue weighted by atomic mass is 9.93. The van der Waals surface area contributed by atoms with Gasteiger partial charge in [-0.3, -0.25) is 14.5 Å². The van der Waals surface area contributed by atoms with Crippen molar-refractivity contribution >= 4 is 11.8 Å². The quantitative estimate of drug-likeness (QED) is 0.691. The highest BCUT2D eigenvalue weighted by atomic mass is 16.5. The Bertz CT molecular complexity index is 1100. The number of phenolic OH excluding ortho intramolecular Hbond substituents is 1. The summed E-state index contributed by atoms with van der Waals surface area (Å²) in [6, 6.07) is 10.5. The van der Waals surface area contributed by atoms with Crippen LogP contribution in [0.1, 0.15) is 23.5 Å². The van der Waals surface area contributed by atoms with E-state index in [9.17, 15) is 14.7 Å². The Hall–Kier alpha value is -3.30. The van der Waals surface area contributed by atoms with Gasteiger partial charge in [0.15, 0.2) is 23.0 Å². The molecule has 2 aromatic rings. The molecule has 4 bridgehead atoms. The number of morpholine rings is 1. The third kappa shape index (κ3) is 5.21. The zero-order valence-electron chi connectivity index (χ0n) is 19.9. The van der Waals surface area contributed by atoms with Gasteiger partial charge in [0, 0.05) is 38.5 Å². The number of methoxy groups -OCH3 is 1. The van der Waals surface area contributed by atoms with Crippen LogP contribution in [0, 0.1) is 0 Å². The number of carbonyl (C=O) groups is 2. The van der Waals surface area contributed by atoms with Crippen LogP contribution in [0.3, 0.4) is 0 Å². The predicted molar refractivity (Wildman–Crippen MR) is 128 cm³/mol. The van der Waals surface area contributed by atoms with E-state index < -0.39 is 0 Å². The molecule has 0 radical (unpaired) electrons. The van der Waals surface area contributed by atoms with Crippen LogP contribution in [0.15, 0.2) is 36.4 Å². The van der Waals surface area contributed by atoms with E-state index in [0.29, 0.717) is 62.9 Å². The summed E-state index contributed by atoms with van der Waals surface area (Å²) in [7, 11) is 1.57. The van der Waals surface area contributed by atoms with Crippen LogP contribution < -0.4 is 14.8 Å². The fourth-order valence-corrected chi connectivity index (χ4v) is 5.00. The summed E-state index contributed by atoms with van der Waals surface area (Å²) >= 11 is 0. The van der Waals surface area contributed by atoms with Crippen molar-refractivity contribution < 1.29 is 28.9 Å². The number of aryl methyl sites for hydroxylation is 1. The highest BCUT2D eigenvalue weighted by Gasteiger charge is 2.38. The number of nitrogens with one attached hydrogen (secondary N) is 1. The minimum atomic E-state index is -0.213. The molecule has 2 amide bonds. The number of carbonyl (C=O) groups excluding carboxylic acids is 2. The number of nitrogens with zero attached hydrogens (tertiary/aromatic N) is 2. The molecule has 3 heterocycles. The van der Waals surface area contributed by atoms with Gasteiger partial charge in [-0.2, -0.15) is 0 Å². The van der Waals surface area contributed by atoms with E-state index >= 15 is 0 Å². The first-order chi connectivity index (χ1) is 17.0. The molecule has 3 aliphatic rings. The number of rotatable bonds is 3. The van der Waals surface area contributed by atoms with Crippen LogP contribution in [0.25, 0.3) is 0 Å². The minimum absolute atomic E-state index is 0.0131. The molecule has 0 aromatic heterocycles. The van der Waals surface area contributed by atoms with Gasteiger partial charge in [0.1, 0.15) is 0 Å². The summed E-state index contributed by atoms with van der Waals surface area (Å²) < 4.78 is 17.0. The maximum Gasteiger partial charge on any atom is 0.236 e. The van der Waals surface area contributed by atoms with Crippen molar-refractivity contribution in [3.05, 3.63) is 47.5 Å². The summed E-state index contributed by atoms with van der Waals surface area (Å²) in [5.41, 5.74) is 1.82. The number of fused-ring (bicyclic) bond motifs is 6. The van der Waals surface area contributed by atoms with Crippen LogP contribution >= 0.6 is 0 Å². The number of phenols is 1. The highest BCUT2D eigenvalue weighted by Crippen LogP contribution is 2.40. The van der Waals surface area contributed by atoms with Crippen molar-refractivity contribution in [2.24, 2.45) is 0 Å². The molecule has 35 heavy (non-hydrogen) atoms. The Balaban J connectivity index is 1.44. The Kier molecular flexibility index (Phi) is 6.79. The van der Waals surface area contributed by atoms with Gasteiger partial charge in [-0.1, -0.05) is 12.1 Å². The minimum Gasteiger partial charge on any atom is -0.504 e. The predicted octanol–water partition coefficient (Wildman–Crippen LogP) is 1.88. The van der Waals surface area contributed by atoms with E-state index in [1.54, 1.807) is 25.3 Å². The zero-order valence-corrected chi connectivity index (χ0v) is 19.9. The molecule has 2 saturated heterocycles. The fourth-order valence-electron chi connectivity index (χ4n) is 5.00. The van der Waals surface area contributed by atoms with Crippen LogP contribution in [0.2, 0.25) is 0 Å². The number of amides is 2. The smallest absolute Gasteiger partial charge is 0.236 e. The summed E-state index contributed by atoms with van der Waals surface area (Å²) in [5.74, 6) is 1.22. The van der Waals surface area contributed by atoms with E-state index in [1.807, 2.05) is 23.1 Å². The number of aromatic hydroxyl groups is 1. The van der Waals surface area contributed by atoms with Crippen molar-refractivity contribution in [3.63, 3.8) is 0 Å². The summed E-state index contributed by atoms with van der Waals surface area (Å²) in [4.78, 5) is 30.0. The number of likely N-dealkylation sites (tertiary alicyclic amines) is 1. The van der Waals surface area contributed by atoms with E-state index in [2.05, 4.69) is 10.2 Å². The number of benzene rings is 2. The summed E-state index contributed by atoms with van der Waals surface area (Å²) in [6.07, 6.45) is 0.810. The molecule has 3 aliphatic heterocycles. The van der Waals surface area contributed by atoms with Crippen molar-refractivity contribution in [2.75, 3.05) is 53.0 Å². The highest BCUT2D eigenvalue weighted by molar-refractivity contribution is 5.80. The summed E-state index contributed by atoms with van der Waals surface area (Å²) in [5, 5.41) is 13.5. The van der Waals surface area contributed by atoms with Crippen LogP contribution in [0.4, 0.5) is 0 Å². The van der Waals surface area contributed by atoms with Gasteiger partial charge in [0.25, 0.3) is 0 Å². The molecule has 9 nitrogen and oxygen atoms in total. The van der Waals surface area contributed by atoms with Crippen LogP contribution in [-0.2, 0) is 20.7 Å². The van der Waals surface area contributed by atoms with Gasteiger partial charge in [-0.05, 0) is 41.8 Å². The second-order valence-electron chi connectivity index (χ2n) is 9.28. The average Bonchev–Trinajstić information content (AvgIpc) is 3.28. The molecule has 0 unspecified atom stereocenters. The zero-order chi connectivity index (χ0) is 24.4. The molecular weight excluding hydrogens is 450 g/mol. The number of hydrogen-bond acceptors (Lipinski definition) is 7. The molecule has 2 fully saturated rings. The number of hydrogen-bond donors (Lipinski definition) is 2. The Morgan fingerprint density at radius 2 is 1.94 bits per heavy atom. The Labute approximate surface area is 204 Å². The molecular formula is C26H31N3O6. The molecule has 0 spiro atoms. The van der Waals surface area contributed by atoms with Gasteiger partial charge >= 0.3 is 0 Å². The van der Waals surface area contributed by atoms with Crippen molar-refractivity contribution in [1.29, 1.82) is 0 Å². The lowest BCUT2D eigenvalue weighted by molar-refractivity contribution is -0.132. The summed E-state index contributed by atoms with van der Waals surface area (Å²) in [6.45, 7) is 4.07. The monoisotopic (exact) mass is 481 g/mol. The Morgan fingerprint density at radius 3 is 2.74 bits per heavy atom. The topological polar surface area (TPSA) is 101 Å². The second kappa shape index (κ2) is 10.1. The normalized spacial score (nSPS) is 22.7. The van der Waals surface area contributed by atoms with Crippen molar-refractivity contribution in [1.82, 2.24) is 15.1 Å². The Morgan fingerprint density at radius 1 is 1.11 bits per heavy atom. The maximum absolute atomic E-state index is 13.1. The van der Waals surface area contributed by atoms with Crippen molar-refractivity contribution in [2.45, 2.75) is 24.8 Å². The first-order valence-corrected chi connectivity index (χ1v) is 12.0. The van der Waals surface area contributed by atoms with Gasteiger partial charge in [0.05, 0.1) is 32.9 Å². The third-order valence-electron chi connectivity index (χ3n) is 6.98.